The fourth-order valence-corrected chi connectivity index (χ4v) is 4.24. The van der Waals surface area contributed by atoms with Crippen molar-refractivity contribution in [3.8, 4) is 0 Å². The molecule has 0 heterocycles. The van der Waals surface area contributed by atoms with Crippen molar-refractivity contribution in [1.29, 1.82) is 0 Å². The van der Waals surface area contributed by atoms with Crippen molar-refractivity contribution in [2.75, 3.05) is 20.7 Å². The number of esters is 1. The van der Waals surface area contributed by atoms with Crippen LogP contribution in [0, 0.1) is 0 Å². The number of ether oxygens (including phenoxy) is 1. The van der Waals surface area contributed by atoms with E-state index in [1.807, 2.05) is 7.05 Å². The minimum atomic E-state index is -0.457. The third-order valence-corrected chi connectivity index (χ3v) is 5.42. The van der Waals surface area contributed by atoms with E-state index in [0.717, 1.165) is 31.8 Å². The van der Waals surface area contributed by atoms with Crippen molar-refractivity contribution in [3.05, 3.63) is 0 Å². The number of carbonyl (C=O) groups is 1. The van der Waals surface area contributed by atoms with Gasteiger partial charge in [0.25, 0.3) is 0 Å². The summed E-state index contributed by atoms with van der Waals surface area (Å²) < 4.78 is 5.02. The number of nitrogens with one attached hydrogen (secondary N) is 1. The highest BCUT2D eigenvalue weighted by Crippen LogP contribution is 2.36. The van der Waals surface area contributed by atoms with Crippen LogP contribution in [0.1, 0.15) is 58.3 Å². The molecule has 2 unspecified atom stereocenters. The monoisotopic (exact) mass is 282 g/mol. The molecule has 1 N–H and O–H groups in total. The molecule has 2 rings (SSSR count). The summed E-state index contributed by atoms with van der Waals surface area (Å²) in [4.78, 5) is 14.8. The third kappa shape index (κ3) is 3.01. The van der Waals surface area contributed by atoms with Crippen molar-refractivity contribution in [1.82, 2.24) is 10.2 Å². The molecule has 2 atom stereocenters. The summed E-state index contributed by atoms with van der Waals surface area (Å²) in [6.45, 7) is 3.35. The Balaban J connectivity index is 2.03. The molecule has 4 heteroatoms. The minimum Gasteiger partial charge on any atom is -0.468 e. The van der Waals surface area contributed by atoms with Crippen LogP contribution in [0.2, 0.25) is 0 Å². The van der Waals surface area contributed by atoms with E-state index in [9.17, 15) is 4.79 Å². The van der Waals surface area contributed by atoms with Gasteiger partial charge in [-0.15, -0.1) is 0 Å². The molecular formula is C16H30N2O2. The van der Waals surface area contributed by atoms with Crippen molar-refractivity contribution < 1.29 is 9.53 Å². The van der Waals surface area contributed by atoms with Gasteiger partial charge in [0.1, 0.15) is 5.54 Å². The number of hydrogen-bond acceptors (Lipinski definition) is 4. The molecule has 20 heavy (non-hydrogen) atoms. The van der Waals surface area contributed by atoms with Crippen LogP contribution in [0.3, 0.4) is 0 Å². The maximum atomic E-state index is 12.1. The second kappa shape index (κ2) is 6.90. The molecule has 4 nitrogen and oxygen atoms in total. The van der Waals surface area contributed by atoms with Gasteiger partial charge in [-0.1, -0.05) is 26.2 Å². The average molecular weight is 282 g/mol. The largest absolute Gasteiger partial charge is 0.468 e. The minimum absolute atomic E-state index is 0.0952. The topological polar surface area (TPSA) is 41.6 Å². The molecule has 0 aromatic rings. The molecule has 0 bridgehead atoms. The summed E-state index contributed by atoms with van der Waals surface area (Å²) in [5, 5.41) is 3.24. The van der Waals surface area contributed by atoms with E-state index >= 15 is 0 Å². The van der Waals surface area contributed by atoms with E-state index in [-0.39, 0.29) is 5.97 Å². The lowest BCUT2D eigenvalue weighted by molar-refractivity contribution is -0.148. The predicted molar refractivity (Wildman–Crippen MR) is 80.7 cm³/mol. The second-order valence-electron chi connectivity index (χ2n) is 6.34. The summed E-state index contributed by atoms with van der Waals surface area (Å²) in [5.74, 6) is -0.0952. The zero-order chi connectivity index (χ0) is 14.6. The number of nitrogens with zero attached hydrogens (tertiary/aromatic N) is 1. The Morgan fingerprint density at radius 1 is 1.25 bits per heavy atom. The number of likely N-dealkylation sites (N-methyl/N-ethyl adjacent to an activating group) is 1. The maximum absolute atomic E-state index is 12.1. The number of rotatable bonds is 5. The first kappa shape index (κ1) is 15.8. The summed E-state index contributed by atoms with van der Waals surface area (Å²) in [5.41, 5.74) is -0.457. The molecule has 116 valence electrons. The van der Waals surface area contributed by atoms with Crippen LogP contribution < -0.4 is 5.32 Å². The highest BCUT2D eigenvalue weighted by Gasteiger charge is 2.47. The molecule has 0 aromatic carbocycles. The highest BCUT2D eigenvalue weighted by atomic mass is 16.5. The van der Waals surface area contributed by atoms with Gasteiger partial charge in [-0.05, 0) is 45.7 Å². The maximum Gasteiger partial charge on any atom is 0.326 e. The van der Waals surface area contributed by atoms with Gasteiger partial charge in [-0.25, -0.2) is 0 Å². The average Bonchev–Trinajstić information content (AvgIpc) is 2.94. The van der Waals surface area contributed by atoms with Crippen molar-refractivity contribution >= 4 is 5.97 Å². The van der Waals surface area contributed by atoms with E-state index in [4.69, 9.17) is 4.74 Å². The lowest BCUT2D eigenvalue weighted by Gasteiger charge is -2.38. The van der Waals surface area contributed by atoms with Crippen LogP contribution in [0.15, 0.2) is 0 Å². The van der Waals surface area contributed by atoms with Crippen LogP contribution in [-0.2, 0) is 9.53 Å². The molecule has 2 aliphatic rings. The fraction of sp³-hybridized carbons (Fsp3) is 0.938. The standard InChI is InChI=1S/C16H30N2O2/c1-4-18(13-8-6-5-7-9-13)14-10-11-16(12-14,17-2)15(19)20-3/h13-14,17H,4-12H2,1-3H3. The van der Waals surface area contributed by atoms with E-state index in [1.54, 1.807) is 0 Å². The number of methoxy groups -OCH3 is 1. The van der Waals surface area contributed by atoms with Gasteiger partial charge < -0.3 is 10.1 Å². The molecular weight excluding hydrogens is 252 g/mol. The molecule has 0 aliphatic heterocycles. The summed E-state index contributed by atoms with van der Waals surface area (Å²) >= 11 is 0. The molecule has 2 aliphatic carbocycles. The summed E-state index contributed by atoms with van der Waals surface area (Å²) in [7, 11) is 3.38. The lowest BCUT2D eigenvalue weighted by Crippen LogP contribution is -2.51. The smallest absolute Gasteiger partial charge is 0.326 e. The molecule has 2 fully saturated rings. The van der Waals surface area contributed by atoms with Gasteiger partial charge in [0, 0.05) is 12.1 Å². The molecule has 2 saturated carbocycles. The van der Waals surface area contributed by atoms with Gasteiger partial charge in [0.2, 0.25) is 0 Å². The zero-order valence-electron chi connectivity index (χ0n) is 13.3. The van der Waals surface area contributed by atoms with Crippen LogP contribution in [0.5, 0.6) is 0 Å². The van der Waals surface area contributed by atoms with E-state index in [2.05, 4.69) is 17.1 Å². The van der Waals surface area contributed by atoms with Gasteiger partial charge >= 0.3 is 5.97 Å². The lowest BCUT2D eigenvalue weighted by atomic mass is 9.92. The van der Waals surface area contributed by atoms with Gasteiger partial charge in [0.15, 0.2) is 0 Å². The Morgan fingerprint density at radius 2 is 1.95 bits per heavy atom. The Morgan fingerprint density at radius 3 is 2.50 bits per heavy atom. The Hall–Kier alpha value is -0.610. The second-order valence-corrected chi connectivity index (χ2v) is 6.34. The Labute approximate surface area is 123 Å². The fourth-order valence-electron chi connectivity index (χ4n) is 4.24. The van der Waals surface area contributed by atoms with Gasteiger partial charge in [-0.2, -0.15) is 0 Å². The van der Waals surface area contributed by atoms with Crippen molar-refractivity contribution in [2.24, 2.45) is 0 Å². The summed E-state index contributed by atoms with van der Waals surface area (Å²) in [6.07, 6.45) is 9.65. The SMILES string of the molecule is CCN(C1CCCCC1)C1CCC(NC)(C(=O)OC)C1. The predicted octanol–water partition coefficient (Wildman–Crippen LogP) is 2.32. The van der Waals surface area contributed by atoms with Crippen LogP contribution in [0.25, 0.3) is 0 Å². The quantitative estimate of drug-likeness (QED) is 0.786. The molecule has 0 amide bonds. The van der Waals surface area contributed by atoms with E-state index in [0.29, 0.717) is 6.04 Å². The number of carbonyl (C=O) groups excluding carboxylic acids is 1. The van der Waals surface area contributed by atoms with Crippen LogP contribution in [-0.4, -0.2) is 49.2 Å². The third-order valence-electron chi connectivity index (χ3n) is 5.42. The zero-order valence-corrected chi connectivity index (χ0v) is 13.3. The first-order valence-electron chi connectivity index (χ1n) is 8.20. The van der Waals surface area contributed by atoms with Crippen LogP contribution in [0.4, 0.5) is 0 Å². The van der Waals surface area contributed by atoms with E-state index < -0.39 is 5.54 Å². The molecule has 0 spiro atoms. The van der Waals surface area contributed by atoms with Crippen molar-refractivity contribution in [2.45, 2.75) is 75.9 Å². The molecule has 0 saturated heterocycles. The molecule has 0 aromatic heterocycles. The highest BCUT2D eigenvalue weighted by molar-refractivity contribution is 5.81. The number of hydrogen-bond donors (Lipinski definition) is 1. The van der Waals surface area contributed by atoms with Crippen molar-refractivity contribution in [3.63, 3.8) is 0 Å². The van der Waals surface area contributed by atoms with Gasteiger partial charge in [0.05, 0.1) is 7.11 Å². The van der Waals surface area contributed by atoms with Gasteiger partial charge in [-0.3, -0.25) is 9.69 Å². The molecule has 0 radical (unpaired) electrons. The van der Waals surface area contributed by atoms with Crippen LogP contribution >= 0.6 is 0 Å². The van der Waals surface area contributed by atoms with E-state index in [1.165, 1.54) is 39.2 Å². The Bertz CT molecular complexity index is 328. The summed E-state index contributed by atoms with van der Waals surface area (Å²) in [6, 6.07) is 1.25. The normalized spacial score (nSPS) is 31.7. The first-order chi connectivity index (χ1) is 9.66. The Kier molecular flexibility index (Phi) is 5.44. The first-order valence-corrected chi connectivity index (χ1v) is 8.20.